The first kappa shape index (κ1) is 15.9. The van der Waals surface area contributed by atoms with E-state index in [4.69, 9.17) is 9.47 Å². The summed E-state index contributed by atoms with van der Waals surface area (Å²) in [4.78, 5) is 14.6. The third-order valence-electron chi connectivity index (χ3n) is 3.82. The van der Waals surface area contributed by atoms with Gasteiger partial charge in [-0.2, -0.15) is 0 Å². The van der Waals surface area contributed by atoms with Crippen molar-refractivity contribution in [2.75, 3.05) is 34.0 Å². The number of amides is 1. The number of hydrogen-bond donors (Lipinski definition) is 1. The molecule has 1 heterocycles. The lowest BCUT2D eigenvalue weighted by Crippen LogP contribution is -2.43. The molecule has 1 atom stereocenters. The molecule has 0 fully saturated rings. The Balaban J connectivity index is 2.16. The van der Waals surface area contributed by atoms with E-state index >= 15 is 0 Å². The molecule has 1 unspecified atom stereocenters. The van der Waals surface area contributed by atoms with Gasteiger partial charge in [0.15, 0.2) is 0 Å². The van der Waals surface area contributed by atoms with E-state index in [2.05, 4.69) is 5.32 Å². The summed E-state index contributed by atoms with van der Waals surface area (Å²) in [6.07, 6.45) is 0. The average molecular weight is 292 g/mol. The highest BCUT2D eigenvalue weighted by Gasteiger charge is 2.22. The number of methoxy groups -OCH3 is 2. The van der Waals surface area contributed by atoms with Crippen LogP contribution in [0, 0.1) is 0 Å². The molecule has 1 aromatic carbocycles. The van der Waals surface area contributed by atoms with E-state index in [1.165, 1.54) is 11.1 Å². The lowest BCUT2D eigenvalue weighted by atomic mass is 10.0. The van der Waals surface area contributed by atoms with E-state index in [1.807, 2.05) is 30.0 Å². The summed E-state index contributed by atoms with van der Waals surface area (Å²) in [7, 11) is 3.29. The van der Waals surface area contributed by atoms with Crippen molar-refractivity contribution in [2.24, 2.45) is 0 Å². The topological polar surface area (TPSA) is 50.8 Å². The minimum Gasteiger partial charge on any atom is -0.383 e. The van der Waals surface area contributed by atoms with Crippen LogP contribution in [-0.2, 0) is 22.6 Å². The van der Waals surface area contributed by atoms with Crippen LogP contribution in [0.3, 0.4) is 0 Å². The maximum atomic E-state index is 12.8. The predicted molar refractivity (Wildman–Crippen MR) is 81.2 cm³/mol. The van der Waals surface area contributed by atoms with Gasteiger partial charge in [-0.3, -0.25) is 4.79 Å². The molecule has 5 heteroatoms. The predicted octanol–water partition coefficient (Wildman–Crippen LogP) is 1.41. The fraction of sp³-hybridized carbons (Fsp3) is 0.562. The number of hydrogen-bond acceptors (Lipinski definition) is 4. The zero-order valence-electron chi connectivity index (χ0n) is 13.0. The van der Waals surface area contributed by atoms with Gasteiger partial charge in [-0.15, -0.1) is 0 Å². The van der Waals surface area contributed by atoms with Crippen molar-refractivity contribution >= 4 is 5.91 Å². The molecule has 0 radical (unpaired) electrons. The van der Waals surface area contributed by atoms with E-state index in [0.29, 0.717) is 19.8 Å². The van der Waals surface area contributed by atoms with Crippen LogP contribution in [0.2, 0.25) is 0 Å². The summed E-state index contributed by atoms with van der Waals surface area (Å²) in [5.41, 5.74) is 3.23. The Labute approximate surface area is 126 Å². The zero-order valence-corrected chi connectivity index (χ0v) is 13.0. The van der Waals surface area contributed by atoms with Crippen LogP contribution in [0.25, 0.3) is 0 Å². The van der Waals surface area contributed by atoms with Crippen molar-refractivity contribution in [3.8, 4) is 0 Å². The van der Waals surface area contributed by atoms with Crippen LogP contribution in [0.15, 0.2) is 18.2 Å². The van der Waals surface area contributed by atoms with Gasteiger partial charge in [0.05, 0.1) is 19.3 Å². The molecule has 5 nitrogen and oxygen atoms in total. The number of fused-ring (bicyclic) bond motifs is 1. The van der Waals surface area contributed by atoms with E-state index < -0.39 is 0 Å². The largest absolute Gasteiger partial charge is 0.383 e. The van der Waals surface area contributed by atoms with E-state index in [1.54, 1.807) is 14.2 Å². The second-order valence-corrected chi connectivity index (χ2v) is 5.38. The Morgan fingerprint density at radius 2 is 2.05 bits per heavy atom. The molecule has 0 bridgehead atoms. The smallest absolute Gasteiger partial charge is 0.254 e. The Kier molecular flexibility index (Phi) is 5.73. The summed E-state index contributed by atoms with van der Waals surface area (Å²) in [5, 5.41) is 3.30. The molecule has 0 aliphatic carbocycles. The fourth-order valence-corrected chi connectivity index (χ4v) is 2.64. The van der Waals surface area contributed by atoms with Gasteiger partial charge >= 0.3 is 0 Å². The molecule has 1 N–H and O–H groups in total. The molecule has 1 amide bonds. The van der Waals surface area contributed by atoms with Crippen LogP contribution >= 0.6 is 0 Å². The van der Waals surface area contributed by atoms with Crippen LogP contribution < -0.4 is 5.32 Å². The van der Waals surface area contributed by atoms with Crippen LogP contribution in [-0.4, -0.2) is 50.8 Å². The first-order valence-electron chi connectivity index (χ1n) is 7.28. The number of carbonyl (C=O) groups is 1. The molecular weight excluding hydrogens is 268 g/mol. The number of nitrogens with one attached hydrogen (secondary N) is 1. The van der Waals surface area contributed by atoms with Crippen LogP contribution in [0.1, 0.15) is 28.4 Å². The summed E-state index contributed by atoms with van der Waals surface area (Å²) in [6.45, 7) is 5.31. The number of rotatable bonds is 7. The van der Waals surface area contributed by atoms with Crippen molar-refractivity contribution in [1.29, 1.82) is 0 Å². The average Bonchev–Trinajstić information content (AvgIpc) is 2.95. The highest BCUT2D eigenvalue weighted by Crippen LogP contribution is 2.19. The SMILES string of the molecule is COCCN(C(=O)c1ccc2c(c1)CNC2)C(C)COC. The molecule has 1 aromatic rings. The third-order valence-corrected chi connectivity index (χ3v) is 3.82. The Morgan fingerprint density at radius 1 is 1.29 bits per heavy atom. The molecule has 2 rings (SSSR count). The van der Waals surface area contributed by atoms with E-state index in [-0.39, 0.29) is 11.9 Å². The van der Waals surface area contributed by atoms with Crippen LogP contribution in [0.4, 0.5) is 0 Å². The summed E-state index contributed by atoms with van der Waals surface area (Å²) < 4.78 is 10.3. The van der Waals surface area contributed by atoms with Gasteiger partial charge < -0.3 is 19.7 Å². The molecule has 0 saturated heterocycles. The maximum Gasteiger partial charge on any atom is 0.254 e. The summed E-state index contributed by atoms with van der Waals surface area (Å²) in [5.74, 6) is 0.0336. The minimum atomic E-state index is 0.0176. The Hall–Kier alpha value is -1.43. The third kappa shape index (κ3) is 3.81. The Bertz CT molecular complexity index is 490. The van der Waals surface area contributed by atoms with Crippen molar-refractivity contribution in [2.45, 2.75) is 26.1 Å². The number of benzene rings is 1. The van der Waals surface area contributed by atoms with Gasteiger partial charge in [0, 0.05) is 39.4 Å². The first-order valence-corrected chi connectivity index (χ1v) is 7.28. The van der Waals surface area contributed by atoms with Gasteiger partial charge in [-0.1, -0.05) is 6.07 Å². The monoisotopic (exact) mass is 292 g/mol. The molecule has 116 valence electrons. The van der Waals surface area contributed by atoms with Crippen molar-refractivity contribution in [3.63, 3.8) is 0 Å². The van der Waals surface area contributed by atoms with Crippen molar-refractivity contribution < 1.29 is 14.3 Å². The molecule has 0 saturated carbocycles. The quantitative estimate of drug-likeness (QED) is 0.825. The van der Waals surface area contributed by atoms with Gasteiger partial charge in [0.25, 0.3) is 5.91 Å². The molecule has 1 aliphatic rings. The minimum absolute atomic E-state index is 0.0176. The fourth-order valence-electron chi connectivity index (χ4n) is 2.64. The maximum absolute atomic E-state index is 12.8. The van der Waals surface area contributed by atoms with E-state index in [9.17, 15) is 4.79 Å². The van der Waals surface area contributed by atoms with Gasteiger partial charge in [-0.05, 0) is 30.2 Å². The lowest BCUT2D eigenvalue weighted by molar-refractivity contribution is 0.0479. The molecule has 21 heavy (non-hydrogen) atoms. The number of nitrogens with zero attached hydrogens (tertiary/aromatic N) is 1. The molecular formula is C16H24N2O3. The van der Waals surface area contributed by atoms with Crippen molar-refractivity contribution in [3.05, 3.63) is 34.9 Å². The molecule has 1 aliphatic heterocycles. The Morgan fingerprint density at radius 3 is 2.76 bits per heavy atom. The second-order valence-electron chi connectivity index (χ2n) is 5.38. The second kappa shape index (κ2) is 7.54. The highest BCUT2D eigenvalue weighted by atomic mass is 16.5. The zero-order chi connectivity index (χ0) is 15.2. The van der Waals surface area contributed by atoms with Crippen LogP contribution in [0.5, 0.6) is 0 Å². The van der Waals surface area contributed by atoms with Crippen molar-refractivity contribution in [1.82, 2.24) is 10.2 Å². The molecule has 0 aromatic heterocycles. The lowest BCUT2D eigenvalue weighted by Gasteiger charge is -2.29. The number of ether oxygens (including phenoxy) is 2. The van der Waals surface area contributed by atoms with Gasteiger partial charge in [0.2, 0.25) is 0 Å². The summed E-state index contributed by atoms with van der Waals surface area (Å²) in [6, 6.07) is 5.96. The highest BCUT2D eigenvalue weighted by molar-refractivity contribution is 5.94. The van der Waals surface area contributed by atoms with Gasteiger partial charge in [0.1, 0.15) is 0 Å². The first-order chi connectivity index (χ1) is 10.2. The van der Waals surface area contributed by atoms with Gasteiger partial charge in [-0.25, -0.2) is 0 Å². The summed E-state index contributed by atoms with van der Waals surface area (Å²) >= 11 is 0. The molecule has 0 spiro atoms. The number of carbonyl (C=O) groups excluding carboxylic acids is 1. The normalized spacial score (nSPS) is 14.8. The van der Waals surface area contributed by atoms with E-state index in [0.717, 1.165) is 18.7 Å². The standard InChI is InChI=1S/C16H24N2O3/c1-12(11-21-3)18(6-7-20-2)16(19)13-4-5-14-9-17-10-15(14)8-13/h4-5,8,12,17H,6-7,9-11H2,1-3H3.